The van der Waals surface area contributed by atoms with Crippen LogP contribution in [0.5, 0.6) is 5.75 Å². The molecule has 9 heteroatoms. The average Bonchev–Trinajstić information content (AvgIpc) is 3.11. The Morgan fingerprint density at radius 2 is 2.00 bits per heavy atom. The number of likely N-dealkylation sites (tertiary alicyclic amines) is 1. The van der Waals surface area contributed by atoms with Gasteiger partial charge < -0.3 is 14.7 Å². The molecule has 0 bridgehead atoms. The second-order valence-corrected chi connectivity index (χ2v) is 7.48. The number of fused-ring (bicyclic) bond motifs is 1. The molecular weight excluding hydrogens is 385 g/mol. The fourth-order valence-corrected chi connectivity index (χ4v) is 4.18. The minimum Gasteiger partial charge on any atom is -0.507 e. The summed E-state index contributed by atoms with van der Waals surface area (Å²) in [5, 5.41) is 18.7. The summed E-state index contributed by atoms with van der Waals surface area (Å²) in [5.41, 5.74) is 0.000843. The lowest BCUT2D eigenvalue weighted by molar-refractivity contribution is -0.137. The van der Waals surface area contributed by atoms with Crippen molar-refractivity contribution in [3.05, 3.63) is 35.4 Å². The molecule has 29 heavy (non-hydrogen) atoms. The molecule has 2 atom stereocenters. The Kier molecular flexibility index (Phi) is 5.12. The van der Waals surface area contributed by atoms with Crippen molar-refractivity contribution in [2.75, 3.05) is 37.7 Å². The molecule has 2 aliphatic rings. The molecule has 0 amide bonds. The third-order valence-corrected chi connectivity index (χ3v) is 5.67. The Hall–Kier alpha value is -2.39. The van der Waals surface area contributed by atoms with E-state index in [1.165, 1.54) is 6.92 Å². The maximum absolute atomic E-state index is 12.9. The van der Waals surface area contributed by atoms with Crippen LogP contribution in [0.2, 0.25) is 0 Å². The van der Waals surface area contributed by atoms with E-state index < -0.39 is 17.5 Å². The highest BCUT2D eigenvalue weighted by molar-refractivity contribution is 5.71. The number of anilines is 1. The van der Waals surface area contributed by atoms with Gasteiger partial charge in [0.1, 0.15) is 5.75 Å². The Morgan fingerprint density at radius 1 is 1.21 bits per heavy atom. The van der Waals surface area contributed by atoms with Crippen LogP contribution in [0.1, 0.15) is 18.1 Å². The molecule has 6 nitrogen and oxygen atoms in total. The zero-order valence-electron chi connectivity index (χ0n) is 16.3. The van der Waals surface area contributed by atoms with Gasteiger partial charge in [-0.25, -0.2) is 0 Å². The lowest BCUT2D eigenvalue weighted by Crippen LogP contribution is -2.51. The first-order valence-corrected chi connectivity index (χ1v) is 9.63. The molecule has 2 saturated heterocycles. The van der Waals surface area contributed by atoms with Crippen LogP contribution >= 0.6 is 0 Å². The molecule has 4 rings (SSSR count). The predicted molar refractivity (Wildman–Crippen MR) is 102 cm³/mol. The van der Waals surface area contributed by atoms with E-state index in [1.54, 1.807) is 12.1 Å². The van der Waals surface area contributed by atoms with Gasteiger partial charge >= 0.3 is 6.18 Å². The summed E-state index contributed by atoms with van der Waals surface area (Å²) in [5.74, 6) is 0.245. The smallest absolute Gasteiger partial charge is 0.416 e. The molecule has 2 aromatic rings. The number of morpholine rings is 1. The Balaban J connectivity index is 1.60. The van der Waals surface area contributed by atoms with Crippen LogP contribution in [0.3, 0.4) is 0 Å². The number of aromatic nitrogens is 2. The van der Waals surface area contributed by atoms with Crippen LogP contribution in [-0.4, -0.2) is 65.1 Å². The molecule has 0 saturated carbocycles. The molecule has 2 aliphatic heterocycles. The second kappa shape index (κ2) is 7.46. The summed E-state index contributed by atoms with van der Waals surface area (Å²) in [4.78, 5) is 4.51. The summed E-state index contributed by atoms with van der Waals surface area (Å²) >= 11 is 0. The van der Waals surface area contributed by atoms with Gasteiger partial charge in [0, 0.05) is 25.2 Å². The van der Waals surface area contributed by atoms with Crippen molar-refractivity contribution < 1.29 is 23.0 Å². The van der Waals surface area contributed by atoms with Crippen LogP contribution in [0, 0.1) is 6.92 Å². The number of hydrogen-bond donors (Lipinski definition) is 1. The number of halogens is 3. The maximum atomic E-state index is 12.9. The van der Waals surface area contributed by atoms with Gasteiger partial charge in [-0.15, -0.1) is 10.2 Å². The number of aryl methyl sites for hydroxylation is 1. The molecule has 1 aromatic carbocycles. The lowest BCUT2D eigenvalue weighted by Gasteiger charge is -2.37. The predicted octanol–water partition coefficient (Wildman–Crippen LogP) is 3.09. The van der Waals surface area contributed by atoms with E-state index in [2.05, 4.69) is 26.9 Å². The highest BCUT2D eigenvalue weighted by atomic mass is 19.4. The van der Waals surface area contributed by atoms with Crippen LogP contribution in [0.15, 0.2) is 24.3 Å². The van der Waals surface area contributed by atoms with E-state index in [0.717, 1.165) is 31.8 Å². The minimum absolute atomic E-state index is 0.131. The summed E-state index contributed by atoms with van der Waals surface area (Å²) in [6.07, 6.45) is -4.39. The highest BCUT2D eigenvalue weighted by Crippen LogP contribution is 2.38. The van der Waals surface area contributed by atoms with E-state index in [-0.39, 0.29) is 17.7 Å². The van der Waals surface area contributed by atoms with Crippen LogP contribution in [0.25, 0.3) is 11.3 Å². The van der Waals surface area contributed by atoms with Gasteiger partial charge in [-0.3, -0.25) is 4.90 Å². The van der Waals surface area contributed by atoms with E-state index in [0.29, 0.717) is 30.2 Å². The number of phenolic OH excluding ortho intramolecular Hbond substituents is 1. The first-order valence-electron chi connectivity index (χ1n) is 9.63. The molecular formula is C20H23F3N4O2. The molecule has 0 aliphatic carbocycles. The first-order chi connectivity index (χ1) is 13.8. The monoisotopic (exact) mass is 408 g/mol. The standard InChI is InChI=1S/C20H23F3N4O2/c1-3-26-10-15-17(11-26)29-7-6-27(15)18-5-4-14(24-25-18)19-12(2)8-13(9-16(19)28)20(21,22)23/h4-5,8-9,15,17,28H,3,6-7,10-11H2,1-2H3/t15-,17+/m1/s1. The van der Waals surface area contributed by atoms with Gasteiger partial charge in [-0.1, -0.05) is 6.92 Å². The van der Waals surface area contributed by atoms with Gasteiger partial charge in [0.25, 0.3) is 0 Å². The third kappa shape index (κ3) is 3.76. The Morgan fingerprint density at radius 3 is 2.62 bits per heavy atom. The largest absolute Gasteiger partial charge is 0.507 e. The number of ether oxygens (including phenoxy) is 1. The molecule has 2 fully saturated rings. The van der Waals surface area contributed by atoms with Gasteiger partial charge in [0.15, 0.2) is 5.82 Å². The number of phenols is 1. The topological polar surface area (TPSA) is 61.7 Å². The Bertz CT molecular complexity index is 865. The molecule has 3 heterocycles. The number of benzene rings is 1. The van der Waals surface area contributed by atoms with Crippen molar-refractivity contribution >= 4 is 5.82 Å². The number of rotatable bonds is 3. The van der Waals surface area contributed by atoms with Gasteiger partial charge in [0.05, 0.1) is 30.0 Å². The van der Waals surface area contributed by atoms with Crippen LogP contribution in [-0.2, 0) is 10.9 Å². The number of alkyl halides is 3. The number of likely N-dealkylation sites (N-methyl/N-ethyl adjacent to an activating group) is 1. The van der Waals surface area contributed by atoms with Gasteiger partial charge in [0.2, 0.25) is 0 Å². The van der Waals surface area contributed by atoms with E-state index in [9.17, 15) is 18.3 Å². The Labute approximate surface area is 166 Å². The summed E-state index contributed by atoms with van der Waals surface area (Å²) in [7, 11) is 0. The SMILES string of the molecule is CCN1C[C@@H]2OCCN(c3ccc(-c4c(C)cc(C(F)(F)F)cc4O)nn3)[C@@H]2C1. The van der Waals surface area contributed by atoms with Crippen LogP contribution < -0.4 is 4.90 Å². The van der Waals surface area contributed by atoms with Gasteiger partial charge in [-0.2, -0.15) is 13.2 Å². The quantitative estimate of drug-likeness (QED) is 0.842. The number of hydrogen-bond acceptors (Lipinski definition) is 6. The van der Waals surface area contributed by atoms with E-state index in [1.807, 2.05) is 0 Å². The summed E-state index contributed by atoms with van der Waals surface area (Å²) in [6.45, 7) is 7.70. The molecule has 1 aromatic heterocycles. The van der Waals surface area contributed by atoms with Crippen LogP contribution in [0.4, 0.5) is 19.0 Å². The highest BCUT2D eigenvalue weighted by Gasteiger charge is 2.40. The molecule has 0 radical (unpaired) electrons. The third-order valence-electron chi connectivity index (χ3n) is 5.67. The fraction of sp³-hybridized carbons (Fsp3) is 0.500. The van der Waals surface area contributed by atoms with E-state index in [4.69, 9.17) is 4.74 Å². The van der Waals surface area contributed by atoms with Crippen molar-refractivity contribution in [2.24, 2.45) is 0 Å². The molecule has 156 valence electrons. The summed E-state index contributed by atoms with van der Waals surface area (Å²) < 4.78 is 44.7. The summed E-state index contributed by atoms with van der Waals surface area (Å²) in [6, 6.07) is 5.42. The van der Waals surface area contributed by atoms with E-state index >= 15 is 0 Å². The minimum atomic E-state index is -4.52. The van der Waals surface area contributed by atoms with Crippen molar-refractivity contribution in [2.45, 2.75) is 32.2 Å². The van der Waals surface area contributed by atoms with Crippen molar-refractivity contribution in [1.29, 1.82) is 0 Å². The zero-order chi connectivity index (χ0) is 20.8. The second-order valence-electron chi connectivity index (χ2n) is 7.48. The average molecular weight is 408 g/mol. The molecule has 0 unspecified atom stereocenters. The van der Waals surface area contributed by atoms with Crippen molar-refractivity contribution in [1.82, 2.24) is 15.1 Å². The van der Waals surface area contributed by atoms with Crippen molar-refractivity contribution in [3.63, 3.8) is 0 Å². The fourth-order valence-electron chi connectivity index (χ4n) is 4.18. The van der Waals surface area contributed by atoms with Gasteiger partial charge in [-0.05, 0) is 43.3 Å². The first kappa shape index (κ1) is 19.9. The number of aromatic hydroxyl groups is 1. The molecule has 1 N–H and O–H groups in total. The zero-order valence-corrected chi connectivity index (χ0v) is 16.3. The molecule has 0 spiro atoms. The maximum Gasteiger partial charge on any atom is 0.416 e. The van der Waals surface area contributed by atoms with Crippen molar-refractivity contribution in [3.8, 4) is 17.0 Å². The number of nitrogens with zero attached hydrogens (tertiary/aromatic N) is 4. The normalized spacial score (nSPS) is 22.7. The lowest BCUT2D eigenvalue weighted by atomic mass is 10.0.